The molecule has 0 unspecified atom stereocenters. The lowest BCUT2D eigenvalue weighted by Crippen LogP contribution is -2.51. The van der Waals surface area contributed by atoms with E-state index < -0.39 is 6.04 Å². The van der Waals surface area contributed by atoms with Crippen LogP contribution in [0.4, 0.5) is 0 Å². The van der Waals surface area contributed by atoms with E-state index in [0.717, 1.165) is 21.6 Å². The van der Waals surface area contributed by atoms with Crippen molar-refractivity contribution in [3.05, 3.63) is 101 Å². The maximum absolute atomic E-state index is 13.7. The fourth-order valence-electron chi connectivity index (χ4n) is 3.91. The predicted molar refractivity (Wildman–Crippen MR) is 150 cm³/mol. The van der Waals surface area contributed by atoms with E-state index in [1.165, 1.54) is 0 Å². The molecule has 4 nitrogen and oxygen atoms in total. The Kier molecular flexibility index (Phi) is 10.9. The molecule has 0 aromatic heterocycles. The molecule has 1 atom stereocenters. The van der Waals surface area contributed by atoms with Crippen LogP contribution >= 0.6 is 23.4 Å². The lowest BCUT2D eigenvalue weighted by atomic mass is 10.0. The van der Waals surface area contributed by atoms with Gasteiger partial charge in [-0.15, -0.1) is 11.8 Å². The number of halogens is 1. The third kappa shape index (κ3) is 9.03. The van der Waals surface area contributed by atoms with Crippen LogP contribution in [0, 0.1) is 12.8 Å². The normalized spacial score (nSPS) is 11.8. The average molecular weight is 523 g/mol. The smallest absolute Gasteiger partial charge is 0.243 e. The Labute approximate surface area is 224 Å². The van der Waals surface area contributed by atoms with Crippen LogP contribution in [0.2, 0.25) is 5.02 Å². The van der Waals surface area contributed by atoms with Crippen molar-refractivity contribution >= 4 is 35.2 Å². The van der Waals surface area contributed by atoms with Crippen molar-refractivity contribution in [2.75, 3.05) is 12.3 Å². The summed E-state index contributed by atoms with van der Waals surface area (Å²) in [5, 5.41) is 3.76. The largest absolute Gasteiger partial charge is 0.354 e. The molecule has 190 valence electrons. The van der Waals surface area contributed by atoms with Gasteiger partial charge < -0.3 is 10.2 Å². The van der Waals surface area contributed by atoms with Gasteiger partial charge >= 0.3 is 0 Å². The first-order valence-corrected chi connectivity index (χ1v) is 13.7. The van der Waals surface area contributed by atoms with E-state index in [1.807, 2.05) is 79.7 Å². The van der Waals surface area contributed by atoms with Gasteiger partial charge in [0.2, 0.25) is 11.8 Å². The van der Waals surface area contributed by atoms with Crippen LogP contribution in [0.1, 0.15) is 37.0 Å². The Morgan fingerprint density at radius 2 is 1.64 bits per heavy atom. The number of nitrogens with zero attached hydrogens (tertiary/aromatic N) is 1. The van der Waals surface area contributed by atoms with Gasteiger partial charge in [-0.05, 0) is 48.2 Å². The first-order chi connectivity index (χ1) is 17.3. The molecular weight excluding hydrogens is 488 g/mol. The molecule has 0 fully saturated rings. The second-order valence-electron chi connectivity index (χ2n) is 9.41. The van der Waals surface area contributed by atoms with Crippen LogP contribution in [0.5, 0.6) is 0 Å². The summed E-state index contributed by atoms with van der Waals surface area (Å²) in [4.78, 5) is 29.9. The van der Waals surface area contributed by atoms with Crippen molar-refractivity contribution in [3.63, 3.8) is 0 Å². The number of carbonyl (C=O) groups excluding carboxylic acids is 2. The molecule has 0 radical (unpaired) electrons. The molecule has 0 aliphatic rings. The lowest BCUT2D eigenvalue weighted by Gasteiger charge is -2.32. The zero-order valence-electron chi connectivity index (χ0n) is 21.2. The topological polar surface area (TPSA) is 49.4 Å². The minimum absolute atomic E-state index is 0.0291. The predicted octanol–water partition coefficient (Wildman–Crippen LogP) is 6.54. The van der Waals surface area contributed by atoms with Gasteiger partial charge in [0.05, 0.1) is 0 Å². The molecule has 0 aliphatic heterocycles. The fraction of sp³-hybridized carbons (Fsp3) is 0.333. The summed E-state index contributed by atoms with van der Waals surface area (Å²) < 4.78 is 0. The molecule has 3 aromatic carbocycles. The molecule has 3 aromatic rings. The summed E-state index contributed by atoms with van der Waals surface area (Å²) in [7, 11) is 0. The second kappa shape index (κ2) is 14.1. The Bertz CT molecular complexity index is 1120. The summed E-state index contributed by atoms with van der Waals surface area (Å²) in [6.45, 7) is 7.13. The van der Waals surface area contributed by atoms with E-state index in [2.05, 4.69) is 25.2 Å². The van der Waals surface area contributed by atoms with Gasteiger partial charge in [0.25, 0.3) is 0 Å². The van der Waals surface area contributed by atoms with E-state index in [0.29, 0.717) is 42.6 Å². The number of aryl methyl sites for hydroxylation is 1. The Balaban J connectivity index is 1.83. The average Bonchev–Trinajstić information content (AvgIpc) is 2.86. The van der Waals surface area contributed by atoms with Crippen LogP contribution in [0.25, 0.3) is 0 Å². The summed E-state index contributed by atoms with van der Waals surface area (Å²) in [6, 6.07) is 25.1. The van der Waals surface area contributed by atoms with Gasteiger partial charge in [-0.3, -0.25) is 9.59 Å². The fourth-order valence-corrected chi connectivity index (χ4v) is 4.88. The van der Waals surface area contributed by atoms with E-state index in [1.54, 1.807) is 16.7 Å². The van der Waals surface area contributed by atoms with Crippen LogP contribution in [0.3, 0.4) is 0 Å². The number of amides is 2. The zero-order valence-corrected chi connectivity index (χ0v) is 22.8. The molecule has 6 heteroatoms. The molecule has 0 saturated carbocycles. The van der Waals surface area contributed by atoms with E-state index in [9.17, 15) is 9.59 Å². The zero-order chi connectivity index (χ0) is 25.9. The highest BCUT2D eigenvalue weighted by Gasteiger charge is 2.30. The SMILES string of the molecule is Cc1cccc(CN(C(=O)CCSc2ccc(Cl)cc2)[C@@H](Cc2ccccc2)C(=O)NCC(C)C)c1. The van der Waals surface area contributed by atoms with Crippen molar-refractivity contribution < 1.29 is 9.59 Å². The standard InChI is InChI=1S/C30H35ClN2O2S/c1-22(2)20-32-30(35)28(19-24-9-5-4-6-10-24)33(21-25-11-7-8-23(3)18-25)29(34)16-17-36-27-14-12-26(31)13-15-27/h4-15,18,22,28H,16-17,19-21H2,1-3H3,(H,32,35)/t28-/m0/s1. The van der Waals surface area contributed by atoms with Gasteiger partial charge in [0.1, 0.15) is 6.04 Å². The Morgan fingerprint density at radius 1 is 0.944 bits per heavy atom. The number of benzene rings is 3. The maximum Gasteiger partial charge on any atom is 0.243 e. The number of carbonyl (C=O) groups is 2. The third-order valence-electron chi connectivity index (χ3n) is 5.79. The van der Waals surface area contributed by atoms with Crippen LogP contribution in [0.15, 0.2) is 83.8 Å². The van der Waals surface area contributed by atoms with E-state index in [-0.39, 0.29) is 11.8 Å². The molecule has 2 amide bonds. The van der Waals surface area contributed by atoms with Crippen molar-refractivity contribution in [2.45, 2.75) is 51.1 Å². The summed E-state index contributed by atoms with van der Waals surface area (Å²) in [5.74, 6) is 0.803. The highest BCUT2D eigenvalue weighted by molar-refractivity contribution is 7.99. The first-order valence-electron chi connectivity index (χ1n) is 12.4. The number of hydrogen-bond acceptors (Lipinski definition) is 3. The quantitative estimate of drug-likeness (QED) is 0.275. The van der Waals surface area contributed by atoms with Crippen LogP contribution in [-0.2, 0) is 22.6 Å². The van der Waals surface area contributed by atoms with Crippen molar-refractivity contribution in [2.24, 2.45) is 5.92 Å². The first kappa shape index (κ1) is 27.8. The van der Waals surface area contributed by atoms with Crippen molar-refractivity contribution in [1.82, 2.24) is 10.2 Å². The Morgan fingerprint density at radius 3 is 2.31 bits per heavy atom. The molecule has 3 rings (SSSR count). The summed E-state index contributed by atoms with van der Waals surface area (Å²) in [5.41, 5.74) is 3.17. The van der Waals surface area contributed by atoms with Crippen LogP contribution in [-0.4, -0.2) is 35.1 Å². The highest BCUT2D eigenvalue weighted by atomic mass is 35.5. The van der Waals surface area contributed by atoms with E-state index in [4.69, 9.17) is 11.6 Å². The minimum Gasteiger partial charge on any atom is -0.354 e. The molecule has 0 heterocycles. The van der Waals surface area contributed by atoms with Gasteiger partial charge in [0, 0.05) is 41.6 Å². The second-order valence-corrected chi connectivity index (χ2v) is 11.0. The van der Waals surface area contributed by atoms with Crippen LogP contribution < -0.4 is 5.32 Å². The van der Waals surface area contributed by atoms with Gasteiger partial charge in [-0.2, -0.15) is 0 Å². The number of thioether (sulfide) groups is 1. The summed E-state index contributed by atoms with van der Waals surface area (Å²) in [6.07, 6.45) is 0.800. The molecular formula is C30H35ClN2O2S. The van der Waals surface area contributed by atoms with Gasteiger partial charge in [0.15, 0.2) is 0 Å². The molecule has 0 aliphatic carbocycles. The van der Waals surface area contributed by atoms with E-state index >= 15 is 0 Å². The van der Waals surface area contributed by atoms with Crippen molar-refractivity contribution in [1.29, 1.82) is 0 Å². The Hall–Kier alpha value is -2.76. The number of nitrogens with one attached hydrogen (secondary N) is 1. The van der Waals surface area contributed by atoms with Crippen molar-refractivity contribution in [3.8, 4) is 0 Å². The minimum atomic E-state index is -0.598. The summed E-state index contributed by atoms with van der Waals surface area (Å²) >= 11 is 7.61. The molecule has 0 spiro atoms. The molecule has 0 bridgehead atoms. The maximum atomic E-state index is 13.7. The molecule has 1 N–H and O–H groups in total. The monoisotopic (exact) mass is 522 g/mol. The van der Waals surface area contributed by atoms with Gasteiger partial charge in [-0.25, -0.2) is 0 Å². The third-order valence-corrected chi connectivity index (χ3v) is 7.06. The number of rotatable bonds is 12. The molecule has 36 heavy (non-hydrogen) atoms. The lowest BCUT2D eigenvalue weighted by molar-refractivity contribution is -0.141. The highest BCUT2D eigenvalue weighted by Crippen LogP contribution is 2.23. The van der Waals surface area contributed by atoms with Gasteiger partial charge in [-0.1, -0.05) is 85.6 Å². The number of hydrogen-bond donors (Lipinski definition) is 1. The molecule has 0 saturated heterocycles.